The van der Waals surface area contributed by atoms with Crippen LogP contribution in [0.5, 0.6) is 0 Å². The Bertz CT molecular complexity index is 525. The second-order valence-electron chi connectivity index (χ2n) is 5.17. The van der Waals surface area contributed by atoms with Crippen LogP contribution in [0.25, 0.3) is 0 Å². The van der Waals surface area contributed by atoms with Gasteiger partial charge in [-0.2, -0.15) is 0 Å². The predicted octanol–water partition coefficient (Wildman–Crippen LogP) is 2.44. The molecule has 2 rings (SSSR count). The predicted molar refractivity (Wildman–Crippen MR) is 71.6 cm³/mol. The maximum absolute atomic E-state index is 14.1. The number of nitrogens with two attached hydrogens (primary N) is 1. The van der Waals surface area contributed by atoms with Gasteiger partial charge in [0.1, 0.15) is 0 Å². The van der Waals surface area contributed by atoms with E-state index in [9.17, 15) is 18.9 Å². The second kappa shape index (κ2) is 5.70. The Kier molecular flexibility index (Phi) is 4.17. The van der Waals surface area contributed by atoms with Crippen molar-refractivity contribution in [1.29, 1.82) is 0 Å². The summed E-state index contributed by atoms with van der Waals surface area (Å²) in [4.78, 5) is 11.9. The van der Waals surface area contributed by atoms with Crippen LogP contribution < -0.4 is 10.6 Å². The summed E-state index contributed by atoms with van der Waals surface area (Å²) in [7, 11) is 0. The molecule has 0 amide bonds. The van der Waals surface area contributed by atoms with Gasteiger partial charge in [-0.1, -0.05) is 0 Å². The highest BCUT2D eigenvalue weighted by atomic mass is 19.2. The molecule has 0 bridgehead atoms. The molecular formula is C13H17F2N3O2. The molecule has 5 nitrogen and oxygen atoms in total. The van der Waals surface area contributed by atoms with Gasteiger partial charge in [-0.15, -0.1) is 0 Å². The van der Waals surface area contributed by atoms with E-state index in [1.54, 1.807) is 4.90 Å². The van der Waals surface area contributed by atoms with Crippen LogP contribution in [0.2, 0.25) is 0 Å². The maximum Gasteiger partial charge on any atom is 0.295 e. The third kappa shape index (κ3) is 2.58. The molecule has 1 heterocycles. The zero-order chi connectivity index (χ0) is 14.9. The fraction of sp³-hybridized carbons (Fsp3) is 0.538. The third-order valence-corrected chi connectivity index (χ3v) is 3.84. The summed E-state index contributed by atoms with van der Waals surface area (Å²) in [6.45, 7) is 2.67. The first-order valence-corrected chi connectivity index (χ1v) is 6.54. The van der Waals surface area contributed by atoms with Crippen LogP contribution in [0.4, 0.5) is 20.2 Å². The smallest absolute Gasteiger partial charge is 0.295 e. The van der Waals surface area contributed by atoms with Crippen molar-refractivity contribution in [3.8, 4) is 0 Å². The Hall–Kier alpha value is -1.76. The Balaban J connectivity index is 2.49. The van der Waals surface area contributed by atoms with Crippen LogP contribution in [0, 0.1) is 27.7 Å². The molecule has 0 radical (unpaired) electrons. The molecule has 110 valence electrons. The molecular weight excluding hydrogens is 268 g/mol. The summed E-state index contributed by atoms with van der Waals surface area (Å²) in [5.74, 6) is -2.11. The summed E-state index contributed by atoms with van der Waals surface area (Å²) < 4.78 is 27.5. The highest BCUT2D eigenvalue weighted by Crippen LogP contribution is 2.37. The van der Waals surface area contributed by atoms with Crippen molar-refractivity contribution in [3.05, 3.63) is 33.9 Å². The lowest BCUT2D eigenvalue weighted by Crippen LogP contribution is -2.44. The van der Waals surface area contributed by atoms with Crippen LogP contribution in [-0.2, 0) is 0 Å². The number of hydrogen-bond donors (Lipinski definition) is 1. The van der Waals surface area contributed by atoms with Crippen molar-refractivity contribution in [2.75, 3.05) is 18.0 Å². The van der Waals surface area contributed by atoms with E-state index in [2.05, 4.69) is 0 Å². The van der Waals surface area contributed by atoms with Crippen molar-refractivity contribution in [2.45, 2.75) is 25.8 Å². The number of piperidine rings is 1. The topological polar surface area (TPSA) is 72.4 Å². The standard InChI is InChI=1S/C13H17F2N3O2/c1-8-2-3-9(6-16)7-17(8)13-11(18(19)20)5-4-10(14)12(13)15/h4-5,8-9H,2-3,6-7,16H2,1H3. The molecule has 1 saturated heterocycles. The molecule has 1 aromatic rings. The first kappa shape index (κ1) is 14.6. The number of anilines is 1. The summed E-state index contributed by atoms with van der Waals surface area (Å²) in [5, 5.41) is 11.1. The lowest BCUT2D eigenvalue weighted by atomic mass is 9.92. The van der Waals surface area contributed by atoms with E-state index in [4.69, 9.17) is 5.73 Å². The Morgan fingerprint density at radius 2 is 2.15 bits per heavy atom. The van der Waals surface area contributed by atoms with E-state index in [0.717, 1.165) is 25.0 Å². The average molecular weight is 285 g/mol. The Labute approximate surface area is 115 Å². The Morgan fingerprint density at radius 3 is 2.75 bits per heavy atom. The fourth-order valence-electron chi connectivity index (χ4n) is 2.64. The van der Waals surface area contributed by atoms with Crippen LogP contribution in [-0.4, -0.2) is 24.1 Å². The quantitative estimate of drug-likeness (QED) is 0.684. The molecule has 0 saturated carbocycles. The fourth-order valence-corrected chi connectivity index (χ4v) is 2.64. The molecule has 1 fully saturated rings. The monoisotopic (exact) mass is 285 g/mol. The number of nitro groups is 1. The SMILES string of the molecule is CC1CCC(CN)CN1c1c([N+](=O)[O-])ccc(F)c1F. The average Bonchev–Trinajstić information content (AvgIpc) is 2.42. The number of halogens is 2. The molecule has 2 atom stereocenters. The van der Waals surface area contributed by atoms with Crippen LogP contribution in [0.15, 0.2) is 12.1 Å². The largest absolute Gasteiger partial charge is 0.360 e. The van der Waals surface area contributed by atoms with E-state index in [-0.39, 0.29) is 17.6 Å². The zero-order valence-electron chi connectivity index (χ0n) is 11.2. The van der Waals surface area contributed by atoms with Crippen LogP contribution in [0.3, 0.4) is 0 Å². The Morgan fingerprint density at radius 1 is 1.45 bits per heavy atom. The number of nitro benzene ring substituents is 1. The minimum atomic E-state index is -1.16. The first-order chi connectivity index (χ1) is 9.45. The minimum Gasteiger partial charge on any atom is -0.360 e. The van der Waals surface area contributed by atoms with Crippen molar-refractivity contribution >= 4 is 11.4 Å². The van der Waals surface area contributed by atoms with Gasteiger partial charge < -0.3 is 10.6 Å². The molecule has 0 spiro atoms. The highest BCUT2D eigenvalue weighted by molar-refractivity contribution is 5.65. The van der Waals surface area contributed by atoms with Gasteiger partial charge in [-0.3, -0.25) is 10.1 Å². The van der Waals surface area contributed by atoms with Gasteiger partial charge in [-0.05, 0) is 38.3 Å². The normalized spacial score (nSPS) is 22.9. The lowest BCUT2D eigenvalue weighted by Gasteiger charge is -2.39. The summed E-state index contributed by atoms with van der Waals surface area (Å²) in [6, 6.07) is 1.70. The van der Waals surface area contributed by atoms with Crippen LogP contribution >= 0.6 is 0 Å². The molecule has 20 heavy (non-hydrogen) atoms. The van der Waals surface area contributed by atoms with E-state index in [0.29, 0.717) is 13.1 Å². The van der Waals surface area contributed by atoms with E-state index < -0.39 is 22.2 Å². The number of hydrogen-bond acceptors (Lipinski definition) is 4. The summed E-state index contributed by atoms with van der Waals surface area (Å²) >= 11 is 0. The van der Waals surface area contributed by atoms with Gasteiger partial charge in [0.25, 0.3) is 5.69 Å². The molecule has 0 aromatic heterocycles. The molecule has 2 N–H and O–H groups in total. The van der Waals surface area contributed by atoms with E-state index in [1.807, 2.05) is 6.92 Å². The van der Waals surface area contributed by atoms with E-state index >= 15 is 0 Å². The number of rotatable bonds is 3. The van der Waals surface area contributed by atoms with Gasteiger partial charge in [0.2, 0.25) is 0 Å². The molecule has 1 aliphatic heterocycles. The second-order valence-corrected chi connectivity index (χ2v) is 5.17. The lowest BCUT2D eigenvalue weighted by molar-refractivity contribution is -0.384. The number of nitrogens with zero attached hydrogens (tertiary/aromatic N) is 2. The molecule has 1 aliphatic rings. The first-order valence-electron chi connectivity index (χ1n) is 6.54. The third-order valence-electron chi connectivity index (χ3n) is 3.84. The van der Waals surface area contributed by atoms with Crippen LogP contribution in [0.1, 0.15) is 19.8 Å². The highest BCUT2D eigenvalue weighted by Gasteiger charge is 2.33. The molecule has 0 aliphatic carbocycles. The van der Waals surface area contributed by atoms with Crippen molar-refractivity contribution < 1.29 is 13.7 Å². The zero-order valence-corrected chi connectivity index (χ0v) is 11.2. The van der Waals surface area contributed by atoms with Crippen molar-refractivity contribution in [2.24, 2.45) is 11.7 Å². The van der Waals surface area contributed by atoms with Gasteiger partial charge in [0.15, 0.2) is 17.3 Å². The van der Waals surface area contributed by atoms with Gasteiger partial charge in [0.05, 0.1) is 4.92 Å². The van der Waals surface area contributed by atoms with Crippen molar-refractivity contribution in [1.82, 2.24) is 0 Å². The maximum atomic E-state index is 14.1. The van der Waals surface area contributed by atoms with Gasteiger partial charge in [-0.25, -0.2) is 8.78 Å². The van der Waals surface area contributed by atoms with Gasteiger partial charge >= 0.3 is 0 Å². The number of benzene rings is 1. The minimum absolute atomic E-state index is 0.0900. The van der Waals surface area contributed by atoms with E-state index in [1.165, 1.54) is 0 Å². The molecule has 1 aromatic carbocycles. The molecule has 2 unspecified atom stereocenters. The summed E-state index contributed by atoms with van der Waals surface area (Å²) in [6.07, 6.45) is 1.63. The van der Waals surface area contributed by atoms with Crippen molar-refractivity contribution in [3.63, 3.8) is 0 Å². The summed E-state index contributed by atoms with van der Waals surface area (Å²) in [5.41, 5.74) is 4.95. The molecule has 7 heteroatoms. The van der Waals surface area contributed by atoms with Gasteiger partial charge in [0, 0.05) is 18.7 Å².